The van der Waals surface area contributed by atoms with Crippen LogP contribution in [-0.4, -0.2) is 115 Å². The van der Waals surface area contributed by atoms with E-state index in [-0.39, 0.29) is 43.8 Å². The second kappa shape index (κ2) is 74.4. The molecule has 3 N–H and O–H groups in total. The number of para-hydroxylation sites is 2. The van der Waals surface area contributed by atoms with Gasteiger partial charge in [0.1, 0.15) is 54.7 Å². The van der Waals surface area contributed by atoms with Gasteiger partial charge in [0, 0.05) is 19.3 Å². The van der Waals surface area contributed by atoms with Crippen molar-refractivity contribution in [3.05, 3.63) is 96.6 Å². The van der Waals surface area contributed by atoms with Crippen molar-refractivity contribution in [2.45, 2.75) is 488 Å². The molecule has 2 amide bonds. The minimum absolute atomic E-state index is 0.0470. The van der Waals surface area contributed by atoms with Crippen LogP contribution in [0.4, 0.5) is 0 Å². The molecule has 0 bridgehead atoms. The van der Waals surface area contributed by atoms with Gasteiger partial charge in [0.2, 0.25) is 11.8 Å². The van der Waals surface area contributed by atoms with Crippen LogP contribution in [0.25, 0.3) is 0 Å². The molecule has 3 aromatic carbocycles. The van der Waals surface area contributed by atoms with Crippen molar-refractivity contribution >= 4 is 49.5 Å². The molecular formula is C103H171N2O19P. The van der Waals surface area contributed by atoms with Crippen LogP contribution in [0, 0.1) is 0 Å². The van der Waals surface area contributed by atoms with Crippen LogP contribution in [-0.2, 0) is 82.4 Å². The Hall–Kier alpha value is -6.38. The number of amides is 2. The van der Waals surface area contributed by atoms with E-state index >= 15 is 14.2 Å². The van der Waals surface area contributed by atoms with Crippen molar-refractivity contribution in [1.82, 2.24) is 10.6 Å². The molecule has 4 rings (SSSR count). The smallest absolute Gasteiger partial charge is 0.462 e. The number of benzene rings is 3. The molecule has 22 heteroatoms. The van der Waals surface area contributed by atoms with Gasteiger partial charge in [-0.15, -0.1) is 0 Å². The Balaban J connectivity index is 1.91. The standard InChI is InChI=1S/C103H171N2O19P/c1-7-13-19-25-31-37-40-46-57-73-88(117-95(109)76-64-49-43-34-28-22-16-10-4)79-93(107)104-91(102(113)115-83-85-67-55-52-56-68-85)84-116-103-99(105-94(108)80-89(74-58-47-41-38-32-26-20-14-8-2)118-96(110)77-65-50-44-35-29-23-17-11-5)101(100(92(82-106)120-103)124-125(114,122-86-69-60-53-61-70-86)123-87-71-62-54-63-72-87)121-98(112)81-90(75-59-48-42-39-33-27-21-15-9-3)119-97(111)78-66-51-45-36-30-24-18-12-6/h52-56,60-63,67-72,88-92,99-101,103,106H,7-51,57-59,64-66,73-84H2,1-6H3,(H,104,107)(H,105,108)/t88-,89?,90?,91+,92-,99-,100-,101-,103-/m1/s1. The molecule has 0 aromatic heterocycles. The first kappa shape index (κ1) is 111. The number of carbonyl (C=O) groups excluding carboxylic acids is 7. The molecule has 0 aliphatic carbocycles. The average molecular weight is 1770 g/mol. The maximum atomic E-state index is 16.0. The number of esters is 5. The highest BCUT2D eigenvalue weighted by atomic mass is 31.2. The Labute approximate surface area is 755 Å². The number of phosphoric acid groups is 1. The summed E-state index contributed by atoms with van der Waals surface area (Å²) in [6, 6.07) is 21.9. The average Bonchev–Trinajstić information content (AvgIpc) is 0.771. The summed E-state index contributed by atoms with van der Waals surface area (Å²) in [7, 11) is -5.08. The van der Waals surface area contributed by atoms with Crippen LogP contribution in [0.1, 0.15) is 432 Å². The molecule has 1 fully saturated rings. The number of hydrogen-bond donors (Lipinski definition) is 3. The number of aliphatic hydroxyl groups excluding tert-OH is 1. The zero-order valence-electron chi connectivity index (χ0n) is 78.6. The molecule has 1 saturated heterocycles. The summed E-state index contributed by atoms with van der Waals surface area (Å²) in [5.74, 6) is -4.46. The van der Waals surface area contributed by atoms with E-state index in [4.69, 9.17) is 46.7 Å². The van der Waals surface area contributed by atoms with E-state index in [0.29, 0.717) is 63.4 Å². The van der Waals surface area contributed by atoms with Gasteiger partial charge in [-0.1, -0.05) is 397 Å². The van der Waals surface area contributed by atoms with Crippen molar-refractivity contribution < 1.29 is 90.0 Å². The minimum atomic E-state index is -5.08. The minimum Gasteiger partial charge on any atom is -0.462 e. The number of unbranched alkanes of at least 4 members (excludes halogenated alkanes) is 45. The van der Waals surface area contributed by atoms with Crippen molar-refractivity contribution in [2.75, 3.05) is 13.2 Å². The van der Waals surface area contributed by atoms with Crippen LogP contribution in [0.2, 0.25) is 0 Å². The summed E-state index contributed by atoms with van der Waals surface area (Å²) in [6.07, 6.45) is 42.9. The van der Waals surface area contributed by atoms with Crippen LogP contribution in [0.15, 0.2) is 91.0 Å². The zero-order chi connectivity index (χ0) is 90.1. The van der Waals surface area contributed by atoms with Gasteiger partial charge in [0.05, 0.1) is 32.5 Å². The van der Waals surface area contributed by atoms with E-state index in [1.54, 1.807) is 60.7 Å². The Kier molecular flexibility index (Phi) is 66.0. The van der Waals surface area contributed by atoms with Gasteiger partial charge in [-0.3, -0.25) is 33.3 Å². The van der Waals surface area contributed by atoms with E-state index in [9.17, 15) is 29.1 Å². The molecule has 712 valence electrons. The SMILES string of the molecule is CCCCCCCCCCCC(CC(=O)N[C@H]1[C@H](OC[C@H](NC(=O)C[C@@H](CCCCCCCCCCC)OC(=O)CCCCCCCCCC)C(=O)OCc2ccccc2)O[C@H](CO)[C@@H](OP(=O)(Oc2ccccc2)Oc2ccccc2)[C@@H]1OC(=O)CC(CCCCCCCCCCC)OC(=O)CCCCCCCCCC)OC(=O)CCCCCCCCCC. The number of rotatable bonds is 82. The zero-order valence-corrected chi connectivity index (χ0v) is 79.5. The summed E-state index contributed by atoms with van der Waals surface area (Å²) in [5, 5.41) is 17.7. The maximum Gasteiger partial charge on any atom is 0.588 e. The summed E-state index contributed by atoms with van der Waals surface area (Å²) in [5.41, 5.74) is 0.643. The summed E-state index contributed by atoms with van der Waals surface area (Å²) >= 11 is 0. The summed E-state index contributed by atoms with van der Waals surface area (Å²) < 4.78 is 80.1. The Morgan fingerprint density at radius 2 is 0.704 bits per heavy atom. The number of phosphoric ester groups is 1. The summed E-state index contributed by atoms with van der Waals surface area (Å²) in [6.45, 7) is 11.3. The highest BCUT2D eigenvalue weighted by Gasteiger charge is 2.54. The quantitative estimate of drug-likeness (QED) is 0.0205. The Morgan fingerprint density at radius 1 is 0.384 bits per heavy atom. The predicted molar refractivity (Wildman–Crippen MR) is 499 cm³/mol. The van der Waals surface area contributed by atoms with Gasteiger partial charge >= 0.3 is 37.7 Å². The first-order chi connectivity index (χ1) is 61.0. The van der Waals surface area contributed by atoms with Gasteiger partial charge in [-0.2, -0.15) is 0 Å². The maximum absolute atomic E-state index is 16.0. The molecule has 1 heterocycles. The lowest BCUT2D eigenvalue weighted by Crippen LogP contribution is -2.67. The molecule has 3 aromatic rings. The third-order valence-corrected chi connectivity index (χ3v) is 24.9. The van der Waals surface area contributed by atoms with Gasteiger partial charge in [0.15, 0.2) is 18.4 Å². The first-order valence-electron chi connectivity index (χ1n) is 50.3. The van der Waals surface area contributed by atoms with Gasteiger partial charge in [-0.25, -0.2) is 9.36 Å². The number of nitrogens with one attached hydrogen (secondary N) is 2. The molecule has 0 radical (unpaired) electrons. The first-order valence-corrected chi connectivity index (χ1v) is 51.7. The monoisotopic (exact) mass is 1770 g/mol. The van der Waals surface area contributed by atoms with E-state index in [2.05, 4.69) is 52.2 Å². The molecule has 0 spiro atoms. The van der Waals surface area contributed by atoms with E-state index in [1.807, 2.05) is 6.07 Å². The lowest BCUT2D eigenvalue weighted by Gasteiger charge is -2.45. The van der Waals surface area contributed by atoms with Gasteiger partial charge in [0.25, 0.3) is 0 Å². The van der Waals surface area contributed by atoms with Crippen LogP contribution in [0.5, 0.6) is 11.5 Å². The Bertz CT molecular complexity index is 3180. The second-order valence-corrected chi connectivity index (χ2v) is 36.6. The predicted octanol–water partition coefficient (Wildman–Crippen LogP) is 26.3. The van der Waals surface area contributed by atoms with Crippen molar-refractivity contribution in [3.63, 3.8) is 0 Å². The fourth-order valence-electron chi connectivity index (χ4n) is 16.1. The number of carbonyl (C=O) groups is 7. The number of aliphatic hydroxyl groups is 1. The van der Waals surface area contributed by atoms with Gasteiger partial charge in [-0.05, 0) is 87.6 Å². The third kappa shape index (κ3) is 56.0. The van der Waals surface area contributed by atoms with Crippen molar-refractivity contribution in [1.29, 1.82) is 0 Å². The number of hydrogen-bond acceptors (Lipinski definition) is 19. The lowest BCUT2D eigenvalue weighted by molar-refractivity contribution is -0.272. The topological polar surface area (TPSA) is 273 Å². The van der Waals surface area contributed by atoms with Crippen LogP contribution < -0.4 is 19.7 Å². The molecule has 125 heavy (non-hydrogen) atoms. The normalized spacial score (nSPS) is 16.1. The number of ether oxygens (including phenoxy) is 7. The van der Waals surface area contributed by atoms with Gasteiger partial charge < -0.3 is 57.9 Å². The molecule has 1 aliphatic heterocycles. The second-order valence-electron chi connectivity index (χ2n) is 35.1. The molecule has 1 aliphatic rings. The van der Waals surface area contributed by atoms with E-state index in [0.717, 1.165) is 199 Å². The third-order valence-electron chi connectivity index (χ3n) is 23.6. The Morgan fingerprint density at radius 3 is 1.06 bits per heavy atom. The fraction of sp³-hybridized carbons (Fsp3) is 0.757. The molecule has 2 unspecified atom stereocenters. The molecule has 21 nitrogen and oxygen atoms in total. The van der Waals surface area contributed by atoms with Crippen molar-refractivity contribution in [3.8, 4) is 11.5 Å². The highest BCUT2D eigenvalue weighted by Crippen LogP contribution is 2.53. The highest BCUT2D eigenvalue weighted by molar-refractivity contribution is 7.49. The van der Waals surface area contributed by atoms with E-state index < -0.39 is 131 Å². The lowest BCUT2D eigenvalue weighted by atomic mass is 9.95. The van der Waals surface area contributed by atoms with Crippen molar-refractivity contribution in [2.24, 2.45) is 0 Å². The molecule has 9 atom stereocenters. The van der Waals surface area contributed by atoms with Crippen LogP contribution in [0.3, 0.4) is 0 Å². The largest absolute Gasteiger partial charge is 0.588 e. The molecular weight excluding hydrogens is 1600 g/mol. The summed E-state index contributed by atoms with van der Waals surface area (Å²) in [4.78, 5) is 103. The van der Waals surface area contributed by atoms with E-state index in [1.165, 1.54) is 114 Å². The van der Waals surface area contributed by atoms with Crippen LogP contribution >= 0.6 is 7.82 Å². The fourth-order valence-corrected chi connectivity index (χ4v) is 17.6. The molecule has 0 saturated carbocycles.